The van der Waals surface area contributed by atoms with Gasteiger partial charge in [0.25, 0.3) is 0 Å². The molecule has 1 N–H and O–H groups in total. The third-order valence-electron chi connectivity index (χ3n) is 2.53. The van der Waals surface area contributed by atoms with Gasteiger partial charge >= 0.3 is 0 Å². The van der Waals surface area contributed by atoms with Crippen molar-refractivity contribution < 1.29 is 0 Å². The lowest BCUT2D eigenvalue weighted by atomic mass is 10.0. The molecule has 0 fully saturated rings. The summed E-state index contributed by atoms with van der Waals surface area (Å²) >= 11 is 3.59. The minimum Gasteiger partial charge on any atom is -0.313 e. The van der Waals surface area contributed by atoms with Crippen molar-refractivity contribution in [3.05, 3.63) is 47.0 Å². The van der Waals surface area contributed by atoms with Gasteiger partial charge in [0.1, 0.15) is 0 Å². The summed E-state index contributed by atoms with van der Waals surface area (Å²) in [5.41, 5.74) is 1.34. The van der Waals surface area contributed by atoms with E-state index in [-0.39, 0.29) is 0 Å². The Bertz CT molecular complexity index is 309. The van der Waals surface area contributed by atoms with E-state index in [1.165, 1.54) is 16.5 Å². The Morgan fingerprint density at radius 3 is 2.80 bits per heavy atom. The van der Waals surface area contributed by atoms with Crippen molar-refractivity contribution >= 4 is 15.9 Å². The molecule has 0 saturated heterocycles. The molecule has 1 nitrogen and oxygen atoms in total. The van der Waals surface area contributed by atoms with E-state index >= 15 is 0 Å². The molecule has 1 unspecified atom stereocenters. The quantitative estimate of drug-likeness (QED) is 0.606. The fourth-order valence-electron chi connectivity index (χ4n) is 1.68. The molecule has 0 amide bonds. The van der Waals surface area contributed by atoms with Gasteiger partial charge in [-0.05, 0) is 37.9 Å². The van der Waals surface area contributed by atoms with E-state index in [1.807, 2.05) is 19.2 Å². The highest BCUT2D eigenvalue weighted by Crippen LogP contribution is 2.26. The molecule has 0 spiro atoms. The average molecular weight is 268 g/mol. The molecular weight excluding hydrogens is 250 g/mol. The molecule has 0 aromatic heterocycles. The highest BCUT2D eigenvalue weighted by molar-refractivity contribution is 9.10. The first-order valence-electron chi connectivity index (χ1n) is 5.32. The summed E-state index contributed by atoms with van der Waals surface area (Å²) in [5, 5.41) is 3.35. The van der Waals surface area contributed by atoms with Gasteiger partial charge in [-0.25, -0.2) is 0 Å². The Balaban J connectivity index is 2.65. The van der Waals surface area contributed by atoms with Crippen LogP contribution in [0.1, 0.15) is 30.9 Å². The molecule has 1 rings (SSSR count). The van der Waals surface area contributed by atoms with E-state index in [0.717, 1.165) is 12.8 Å². The molecule has 0 aliphatic rings. The summed E-state index contributed by atoms with van der Waals surface area (Å²) in [6.45, 7) is 3.74. The molecule has 15 heavy (non-hydrogen) atoms. The SMILES string of the molecule is C=CCCCC(NC)c1ccccc1Br. The smallest absolute Gasteiger partial charge is 0.0328 e. The highest BCUT2D eigenvalue weighted by atomic mass is 79.9. The number of halogens is 1. The first kappa shape index (κ1) is 12.5. The molecule has 82 valence electrons. The molecule has 0 saturated carbocycles. The van der Waals surface area contributed by atoms with Gasteiger partial charge in [-0.15, -0.1) is 6.58 Å². The van der Waals surface area contributed by atoms with Gasteiger partial charge in [0.05, 0.1) is 0 Å². The van der Waals surface area contributed by atoms with Crippen LogP contribution in [0.5, 0.6) is 0 Å². The van der Waals surface area contributed by atoms with Crippen molar-refractivity contribution in [2.75, 3.05) is 7.05 Å². The lowest BCUT2D eigenvalue weighted by Gasteiger charge is -2.17. The van der Waals surface area contributed by atoms with Crippen LogP contribution >= 0.6 is 15.9 Å². The Labute approximate surface area is 101 Å². The highest BCUT2D eigenvalue weighted by Gasteiger charge is 2.10. The summed E-state index contributed by atoms with van der Waals surface area (Å²) in [5.74, 6) is 0. The maximum atomic E-state index is 3.74. The fourth-order valence-corrected chi connectivity index (χ4v) is 2.24. The van der Waals surface area contributed by atoms with E-state index in [2.05, 4.69) is 46.0 Å². The Morgan fingerprint density at radius 1 is 1.47 bits per heavy atom. The summed E-state index contributed by atoms with van der Waals surface area (Å²) in [4.78, 5) is 0. The topological polar surface area (TPSA) is 12.0 Å². The van der Waals surface area contributed by atoms with Crippen molar-refractivity contribution in [1.29, 1.82) is 0 Å². The largest absolute Gasteiger partial charge is 0.313 e. The number of rotatable bonds is 6. The number of hydrogen-bond donors (Lipinski definition) is 1. The summed E-state index contributed by atoms with van der Waals surface area (Å²) in [6.07, 6.45) is 5.39. The van der Waals surface area contributed by atoms with Gasteiger partial charge in [-0.1, -0.05) is 40.2 Å². The molecule has 0 aliphatic heterocycles. The van der Waals surface area contributed by atoms with Gasteiger partial charge in [0, 0.05) is 10.5 Å². The predicted molar refractivity (Wildman–Crippen MR) is 70.0 cm³/mol. The molecule has 0 bridgehead atoms. The maximum Gasteiger partial charge on any atom is 0.0328 e. The third kappa shape index (κ3) is 3.80. The monoisotopic (exact) mass is 267 g/mol. The molecule has 0 radical (unpaired) electrons. The van der Waals surface area contributed by atoms with Gasteiger partial charge in [-0.3, -0.25) is 0 Å². The normalized spacial score (nSPS) is 12.4. The summed E-state index contributed by atoms with van der Waals surface area (Å²) < 4.78 is 1.18. The Morgan fingerprint density at radius 2 is 2.20 bits per heavy atom. The summed E-state index contributed by atoms with van der Waals surface area (Å²) in [6, 6.07) is 8.81. The number of nitrogens with one attached hydrogen (secondary N) is 1. The van der Waals surface area contributed by atoms with E-state index in [0.29, 0.717) is 6.04 Å². The second-order valence-electron chi connectivity index (χ2n) is 3.58. The van der Waals surface area contributed by atoms with Crippen molar-refractivity contribution in [1.82, 2.24) is 5.32 Å². The van der Waals surface area contributed by atoms with E-state index < -0.39 is 0 Å². The maximum absolute atomic E-state index is 3.74. The average Bonchev–Trinajstić information content (AvgIpc) is 2.26. The molecule has 1 aromatic rings. The van der Waals surface area contributed by atoms with Gasteiger partial charge in [0.15, 0.2) is 0 Å². The Kier molecular flexibility index (Phi) is 5.66. The van der Waals surface area contributed by atoms with Gasteiger partial charge in [0.2, 0.25) is 0 Å². The van der Waals surface area contributed by atoms with Crippen LogP contribution in [-0.2, 0) is 0 Å². The van der Waals surface area contributed by atoms with Crippen LogP contribution in [0.2, 0.25) is 0 Å². The molecule has 1 aromatic carbocycles. The first-order valence-corrected chi connectivity index (χ1v) is 6.11. The molecular formula is C13H18BrN. The minimum absolute atomic E-state index is 0.431. The van der Waals surface area contributed by atoms with E-state index in [4.69, 9.17) is 0 Å². The number of allylic oxidation sites excluding steroid dienone is 1. The minimum atomic E-state index is 0.431. The Hall–Kier alpha value is -0.600. The van der Waals surface area contributed by atoms with E-state index in [9.17, 15) is 0 Å². The number of unbranched alkanes of at least 4 members (excludes halogenated alkanes) is 1. The lowest BCUT2D eigenvalue weighted by Crippen LogP contribution is -2.16. The first-order chi connectivity index (χ1) is 7.29. The summed E-state index contributed by atoms with van der Waals surface area (Å²) in [7, 11) is 2.01. The zero-order chi connectivity index (χ0) is 11.1. The van der Waals surface area contributed by atoms with Crippen LogP contribution in [0.25, 0.3) is 0 Å². The number of benzene rings is 1. The predicted octanol–water partition coefficient (Wildman–Crippen LogP) is 4.07. The van der Waals surface area contributed by atoms with Crippen molar-refractivity contribution in [2.45, 2.75) is 25.3 Å². The molecule has 1 atom stereocenters. The molecule has 0 aliphatic carbocycles. The standard InChI is InChI=1S/C13H18BrN/c1-3-4-5-10-13(15-2)11-8-6-7-9-12(11)14/h3,6-9,13,15H,1,4-5,10H2,2H3. The second kappa shape index (κ2) is 6.81. The second-order valence-corrected chi connectivity index (χ2v) is 4.44. The van der Waals surface area contributed by atoms with Crippen LogP contribution in [0.4, 0.5) is 0 Å². The van der Waals surface area contributed by atoms with Gasteiger partial charge in [-0.2, -0.15) is 0 Å². The zero-order valence-corrected chi connectivity index (χ0v) is 10.8. The van der Waals surface area contributed by atoms with Crippen LogP contribution in [0.15, 0.2) is 41.4 Å². The van der Waals surface area contributed by atoms with E-state index in [1.54, 1.807) is 0 Å². The number of hydrogen-bond acceptors (Lipinski definition) is 1. The van der Waals surface area contributed by atoms with Crippen LogP contribution in [0.3, 0.4) is 0 Å². The third-order valence-corrected chi connectivity index (χ3v) is 3.25. The van der Waals surface area contributed by atoms with Crippen LogP contribution in [0, 0.1) is 0 Å². The fraction of sp³-hybridized carbons (Fsp3) is 0.385. The lowest BCUT2D eigenvalue weighted by molar-refractivity contribution is 0.528. The van der Waals surface area contributed by atoms with Gasteiger partial charge < -0.3 is 5.32 Å². The molecule has 0 heterocycles. The zero-order valence-electron chi connectivity index (χ0n) is 9.17. The molecule has 2 heteroatoms. The van der Waals surface area contributed by atoms with Crippen LogP contribution < -0.4 is 5.32 Å². The van der Waals surface area contributed by atoms with Crippen molar-refractivity contribution in [2.24, 2.45) is 0 Å². The van der Waals surface area contributed by atoms with Crippen LogP contribution in [-0.4, -0.2) is 7.05 Å². The van der Waals surface area contributed by atoms with Crippen molar-refractivity contribution in [3.8, 4) is 0 Å². The van der Waals surface area contributed by atoms with Crippen molar-refractivity contribution in [3.63, 3.8) is 0 Å².